The molecule has 2 saturated heterocycles. The van der Waals surface area contributed by atoms with Crippen molar-refractivity contribution in [3.8, 4) is 34.9 Å². The Morgan fingerprint density at radius 2 is 1.01 bits per heavy atom. The van der Waals surface area contributed by atoms with Crippen LogP contribution in [0.2, 0.25) is 0 Å². The number of likely N-dealkylation sites (N-methyl/N-ethyl adjacent to an activating group) is 2. The highest BCUT2D eigenvalue weighted by Gasteiger charge is 2.36. The Balaban J connectivity index is 0.000000201. The number of urea groups is 2. The van der Waals surface area contributed by atoms with Crippen molar-refractivity contribution in [2.24, 2.45) is 0 Å². The van der Waals surface area contributed by atoms with Crippen molar-refractivity contribution in [2.45, 2.75) is 91.4 Å². The SMILES string of the molecule is CCNC(=O)Nc1ccc(-c2nc3c(c(N4CCOC[C@@H]4C)n2)CCN(CC)[C@@H]3CC#N)cc1.CCNC(=O)Nc1ccc(-c2nc3c(c(N4CCOC[C@@H]4C)n2)CCN(CC)[C@H]3CC#N)cc1. The van der Waals surface area contributed by atoms with Crippen molar-refractivity contribution in [2.75, 3.05) is 99.2 Å². The summed E-state index contributed by atoms with van der Waals surface area (Å²) in [6, 6.07) is 19.7. The minimum atomic E-state index is -0.233. The molecule has 4 aromatic rings. The van der Waals surface area contributed by atoms with Crippen LogP contribution in [-0.2, 0) is 22.3 Å². The summed E-state index contributed by atoms with van der Waals surface area (Å²) in [5, 5.41) is 30.2. The third kappa shape index (κ3) is 11.4. The zero-order valence-corrected chi connectivity index (χ0v) is 40.3. The van der Waals surface area contributed by atoms with Gasteiger partial charge in [0.05, 0.1) is 87.0 Å². The predicted octanol–water partition coefficient (Wildman–Crippen LogP) is 6.69. The van der Waals surface area contributed by atoms with E-state index in [1.165, 1.54) is 0 Å². The molecule has 2 aromatic carbocycles. The first-order valence-corrected chi connectivity index (χ1v) is 24.1. The molecule has 68 heavy (non-hydrogen) atoms. The molecule has 0 spiro atoms. The van der Waals surface area contributed by atoms with Crippen LogP contribution >= 0.6 is 0 Å². The van der Waals surface area contributed by atoms with Crippen LogP contribution in [0.15, 0.2) is 48.5 Å². The topological polar surface area (TPSA) is 213 Å². The molecule has 4 atom stereocenters. The molecule has 8 rings (SSSR count). The average Bonchev–Trinajstić information content (AvgIpc) is 3.35. The number of nitrogens with one attached hydrogen (secondary N) is 4. The fourth-order valence-corrected chi connectivity index (χ4v) is 9.45. The first kappa shape index (κ1) is 49.5. The number of morpholine rings is 2. The fraction of sp³-hybridized carbons (Fsp3) is 0.520. The van der Waals surface area contributed by atoms with Gasteiger partial charge in [0.2, 0.25) is 0 Å². The lowest BCUT2D eigenvalue weighted by molar-refractivity contribution is 0.0982. The zero-order chi connectivity index (χ0) is 48.2. The number of hydrogen-bond donors (Lipinski definition) is 4. The third-order valence-corrected chi connectivity index (χ3v) is 13.0. The molecule has 6 heterocycles. The van der Waals surface area contributed by atoms with Gasteiger partial charge in [0.15, 0.2) is 11.6 Å². The molecule has 2 aromatic heterocycles. The normalized spacial score (nSPS) is 20.4. The third-order valence-electron chi connectivity index (χ3n) is 13.0. The minimum Gasteiger partial charge on any atom is -0.377 e. The Kier molecular flexibility index (Phi) is 17.1. The molecule has 4 N–H and O–H groups in total. The van der Waals surface area contributed by atoms with Gasteiger partial charge < -0.3 is 40.5 Å². The second-order valence-electron chi connectivity index (χ2n) is 17.3. The Morgan fingerprint density at radius 1 is 0.618 bits per heavy atom. The molecule has 360 valence electrons. The summed E-state index contributed by atoms with van der Waals surface area (Å²) >= 11 is 0. The summed E-state index contributed by atoms with van der Waals surface area (Å²) in [6.45, 7) is 21.2. The number of benzene rings is 2. The van der Waals surface area contributed by atoms with Crippen molar-refractivity contribution < 1.29 is 19.1 Å². The van der Waals surface area contributed by atoms with E-state index in [9.17, 15) is 20.1 Å². The first-order chi connectivity index (χ1) is 33.1. The Morgan fingerprint density at radius 3 is 1.35 bits per heavy atom. The Bertz CT molecular complexity index is 2270. The van der Waals surface area contributed by atoms with Crippen LogP contribution in [0.25, 0.3) is 22.8 Å². The smallest absolute Gasteiger partial charge is 0.319 e. The molecule has 0 radical (unpaired) electrons. The molecule has 0 aliphatic carbocycles. The highest BCUT2D eigenvalue weighted by molar-refractivity contribution is 5.90. The lowest BCUT2D eigenvalue weighted by Gasteiger charge is -2.40. The van der Waals surface area contributed by atoms with Crippen LogP contribution < -0.4 is 31.1 Å². The molecular formula is C50H66N14O4. The molecule has 4 aliphatic rings. The molecule has 0 unspecified atom stereocenters. The van der Waals surface area contributed by atoms with E-state index in [0.29, 0.717) is 75.4 Å². The van der Waals surface area contributed by atoms with Crippen molar-refractivity contribution in [3.63, 3.8) is 0 Å². The van der Waals surface area contributed by atoms with Crippen LogP contribution in [-0.4, -0.2) is 133 Å². The van der Waals surface area contributed by atoms with Crippen molar-refractivity contribution in [1.29, 1.82) is 10.5 Å². The number of aromatic nitrogens is 4. The van der Waals surface area contributed by atoms with Gasteiger partial charge in [0.25, 0.3) is 0 Å². The van der Waals surface area contributed by atoms with E-state index < -0.39 is 0 Å². The van der Waals surface area contributed by atoms with Crippen molar-refractivity contribution in [1.82, 2.24) is 40.4 Å². The van der Waals surface area contributed by atoms with Gasteiger partial charge in [0, 0.05) is 72.9 Å². The number of hydrogen-bond acceptors (Lipinski definition) is 14. The van der Waals surface area contributed by atoms with Crippen LogP contribution in [0, 0.1) is 22.7 Å². The fourth-order valence-electron chi connectivity index (χ4n) is 9.45. The van der Waals surface area contributed by atoms with Gasteiger partial charge in [0.1, 0.15) is 11.6 Å². The molecule has 0 saturated carbocycles. The number of rotatable bonds is 12. The monoisotopic (exact) mass is 927 g/mol. The molecular weight excluding hydrogens is 861 g/mol. The minimum absolute atomic E-state index is 0.0470. The number of nitriles is 2. The van der Waals surface area contributed by atoms with Crippen LogP contribution in [0.3, 0.4) is 0 Å². The van der Waals surface area contributed by atoms with Crippen LogP contribution in [0.5, 0.6) is 0 Å². The summed E-state index contributed by atoms with van der Waals surface area (Å²) in [7, 11) is 0. The van der Waals surface area contributed by atoms with Crippen LogP contribution in [0.4, 0.5) is 32.6 Å². The lowest BCUT2D eigenvalue weighted by atomic mass is 9.95. The lowest BCUT2D eigenvalue weighted by Crippen LogP contribution is -2.46. The maximum Gasteiger partial charge on any atom is 0.319 e. The Labute approximate surface area is 400 Å². The van der Waals surface area contributed by atoms with E-state index in [1.54, 1.807) is 0 Å². The number of nitrogens with zero attached hydrogens (tertiary/aromatic N) is 10. The van der Waals surface area contributed by atoms with E-state index in [-0.39, 0.29) is 36.2 Å². The van der Waals surface area contributed by atoms with Gasteiger partial charge in [-0.05, 0) is 102 Å². The molecule has 2 fully saturated rings. The maximum absolute atomic E-state index is 11.8. The molecule has 18 nitrogen and oxygen atoms in total. The van der Waals surface area contributed by atoms with Gasteiger partial charge >= 0.3 is 12.1 Å². The standard InChI is InChI=1S/2C25H33N7O2/c2*1-4-27-25(33)28-19-8-6-18(7-9-19)23-29-22-20(11-13-31(5-2)21(22)10-12-26)24(30-23)32-14-15-34-16-17(32)3/h2*6-9,17,21H,4-5,10-11,13-16H2,1-3H3,(H2,27,28,33)/t17-,21+;17-,21-/m00/s1. The predicted molar refractivity (Wildman–Crippen MR) is 263 cm³/mol. The number of ether oxygens (including phenoxy) is 2. The van der Waals surface area contributed by atoms with Gasteiger partial charge in [-0.2, -0.15) is 10.5 Å². The van der Waals surface area contributed by atoms with Gasteiger partial charge in [-0.3, -0.25) is 9.80 Å². The quantitative estimate of drug-likeness (QED) is 0.117. The molecule has 4 amide bonds. The molecule has 0 bridgehead atoms. The maximum atomic E-state index is 11.8. The second kappa shape index (κ2) is 23.5. The van der Waals surface area contributed by atoms with E-state index in [2.05, 4.69) is 80.7 Å². The number of carbonyl (C=O) groups is 2. The number of carbonyl (C=O) groups excluding carboxylic acids is 2. The van der Waals surface area contributed by atoms with Gasteiger partial charge in [-0.1, -0.05) is 13.8 Å². The Hall–Kier alpha value is -6.44. The highest BCUT2D eigenvalue weighted by atomic mass is 16.5. The summed E-state index contributed by atoms with van der Waals surface area (Å²) in [6.07, 6.45) is 2.51. The summed E-state index contributed by atoms with van der Waals surface area (Å²) in [5.74, 6) is 3.19. The van der Waals surface area contributed by atoms with Crippen LogP contribution in [0.1, 0.15) is 89.0 Å². The van der Waals surface area contributed by atoms with E-state index in [0.717, 1.165) is 97.4 Å². The zero-order valence-electron chi connectivity index (χ0n) is 40.3. The largest absolute Gasteiger partial charge is 0.377 e. The summed E-state index contributed by atoms with van der Waals surface area (Å²) < 4.78 is 11.3. The van der Waals surface area contributed by atoms with E-state index in [1.807, 2.05) is 62.4 Å². The van der Waals surface area contributed by atoms with Gasteiger partial charge in [-0.25, -0.2) is 29.5 Å². The molecule has 18 heteroatoms. The number of amides is 4. The van der Waals surface area contributed by atoms with E-state index in [4.69, 9.17) is 29.4 Å². The highest BCUT2D eigenvalue weighted by Crippen LogP contribution is 2.39. The number of fused-ring (bicyclic) bond motifs is 2. The molecule has 4 aliphatic heterocycles. The van der Waals surface area contributed by atoms with Crippen molar-refractivity contribution >= 4 is 35.1 Å². The van der Waals surface area contributed by atoms with Gasteiger partial charge in [-0.15, -0.1) is 0 Å². The number of anilines is 4. The first-order valence-electron chi connectivity index (χ1n) is 24.1. The summed E-state index contributed by atoms with van der Waals surface area (Å²) in [5.41, 5.74) is 7.36. The second-order valence-corrected chi connectivity index (χ2v) is 17.3. The summed E-state index contributed by atoms with van der Waals surface area (Å²) in [4.78, 5) is 53.1. The van der Waals surface area contributed by atoms with E-state index >= 15 is 0 Å². The average molecular weight is 927 g/mol. The van der Waals surface area contributed by atoms with Crippen molar-refractivity contribution in [3.05, 3.63) is 71.0 Å².